The second kappa shape index (κ2) is 7.44. The number of hydrogen-bond acceptors (Lipinski definition) is 3. The van der Waals surface area contributed by atoms with Crippen LogP contribution >= 0.6 is 12.4 Å². The fourth-order valence-electron chi connectivity index (χ4n) is 2.72. The first-order valence-corrected chi connectivity index (χ1v) is 7.56. The number of aryl methyl sites for hydroxylation is 1. The lowest BCUT2D eigenvalue weighted by Gasteiger charge is -2.37. The molecule has 22 heavy (non-hydrogen) atoms. The molecule has 1 aliphatic rings. The minimum Gasteiger partial charge on any atom is -0.381 e. The van der Waals surface area contributed by atoms with E-state index in [0.29, 0.717) is 32.6 Å². The van der Waals surface area contributed by atoms with E-state index < -0.39 is 11.0 Å². The monoisotopic (exact) mass is 326 g/mol. The molecule has 1 fully saturated rings. The normalized spacial score (nSPS) is 17.5. The van der Waals surface area contributed by atoms with E-state index in [-0.39, 0.29) is 18.3 Å². The molecule has 3 N–H and O–H groups in total. The number of ether oxygens (including phenoxy) is 1. The van der Waals surface area contributed by atoms with Crippen molar-refractivity contribution in [1.29, 1.82) is 0 Å². The van der Waals surface area contributed by atoms with Crippen LogP contribution in [0.2, 0.25) is 0 Å². The summed E-state index contributed by atoms with van der Waals surface area (Å²) in [6, 6.07) is 8.25. The van der Waals surface area contributed by atoms with Gasteiger partial charge in [-0.1, -0.05) is 29.8 Å². The van der Waals surface area contributed by atoms with Gasteiger partial charge in [-0.2, -0.15) is 0 Å². The van der Waals surface area contributed by atoms with Crippen LogP contribution in [-0.2, 0) is 14.9 Å². The maximum absolute atomic E-state index is 12.8. The fourth-order valence-corrected chi connectivity index (χ4v) is 2.72. The molecule has 0 unspecified atom stereocenters. The van der Waals surface area contributed by atoms with Crippen LogP contribution < -0.4 is 11.1 Å². The SMILES string of the molecule is Cc1ccc(C2(C(=O)NCC(C)(C)N)CCOCC2)cc1.Cl. The number of hydrogen-bond donors (Lipinski definition) is 2. The van der Waals surface area contributed by atoms with Gasteiger partial charge in [0.2, 0.25) is 5.91 Å². The molecule has 1 amide bonds. The van der Waals surface area contributed by atoms with Crippen LogP contribution in [0.15, 0.2) is 24.3 Å². The van der Waals surface area contributed by atoms with Crippen molar-refractivity contribution in [3.05, 3.63) is 35.4 Å². The van der Waals surface area contributed by atoms with E-state index in [1.165, 1.54) is 5.56 Å². The van der Waals surface area contributed by atoms with Crippen molar-refractivity contribution in [3.63, 3.8) is 0 Å². The van der Waals surface area contributed by atoms with Crippen LogP contribution in [0.3, 0.4) is 0 Å². The van der Waals surface area contributed by atoms with Gasteiger partial charge in [0, 0.05) is 25.3 Å². The van der Waals surface area contributed by atoms with E-state index in [4.69, 9.17) is 10.5 Å². The van der Waals surface area contributed by atoms with Crippen molar-refractivity contribution in [1.82, 2.24) is 5.32 Å². The Kier molecular flexibility index (Phi) is 6.41. The van der Waals surface area contributed by atoms with Gasteiger partial charge in [-0.3, -0.25) is 4.79 Å². The lowest BCUT2D eigenvalue weighted by Crippen LogP contribution is -2.53. The first-order valence-electron chi connectivity index (χ1n) is 7.56. The summed E-state index contributed by atoms with van der Waals surface area (Å²) in [5.74, 6) is 0.0631. The molecule has 0 saturated carbocycles. The van der Waals surface area contributed by atoms with Crippen molar-refractivity contribution in [2.45, 2.75) is 44.6 Å². The molecule has 0 aliphatic carbocycles. The summed E-state index contributed by atoms with van der Waals surface area (Å²) in [6.45, 7) is 7.59. The van der Waals surface area contributed by atoms with Gasteiger partial charge in [-0.15, -0.1) is 12.4 Å². The molecule has 5 heteroatoms. The van der Waals surface area contributed by atoms with Crippen LogP contribution in [0.5, 0.6) is 0 Å². The summed E-state index contributed by atoms with van der Waals surface area (Å²) >= 11 is 0. The van der Waals surface area contributed by atoms with Crippen LogP contribution in [0.25, 0.3) is 0 Å². The Balaban J connectivity index is 0.00000242. The average molecular weight is 327 g/mol. The smallest absolute Gasteiger partial charge is 0.230 e. The summed E-state index contributed by atoms with van der Waals surface area (Å²) in [4.78, 5) is 12.8. The zero-order valence-electron chi connectivity index (χ0n) is 13.6. The second-order valence-corrected chi connectivity index (χ2v) is 6.73. The summed E-state index contributed by atoms with van der Waals surface area (Å²) in [5, 5.41) is 3.03. The molecule has 1 aromatic carbocycles. The Morgan fingerprint density at radius 1 is 1.27 bits per heavy atom. The summed E-state index contributed by atoms with van der Waals surface area (Å²) in [6.07, 6.45) is 1.43. The first-order chi connectivity index (χ1) is 9.83. The molecule has 4 nitrogen and oxygen atoms in total. The lowest BCUT2D eigenvalue weighted by molar-refractivity contribution is -0.130. The molecule has 0 atom stereocenters. The fraction of sp³-hybridized carbons (Fsp3) is 0.588. The quantitative estimate of drug-likeness (QED) is 0.892. The van der Waals surface area contributed by atoms with Gasteiger partial charge in [-0.05, 0) is 39.2 Å². The highest BCUT2D eigenvalue weighted by molar-refractivity contribution is 5.88. The number of rotatable bonds is 4. The van der Waals surface area contributed by atoms with Gasteiger partial charge >= 0.3 is 0 Å². The molecule has 1 heterocycles. The molecule has 2 rings (SSSR count). The van der Waals surface area contributed by atoms with E-state index in [9.17, 15) is 4.79 Å². The van der Waals surface area contributed by atoms with E-state index in [2.05, 4.69) is 36.5 Å². The van der Waals surface area contributed by atoms with Gasteiger partial charge in [0.05, 0.1) is 5.41 Å². The third-order valence-corrected chi connectivity index (χ3v) is 4.09. The summed E-state index contributed by atoms with van der Waals surface area (Å²) < 4.78 is 5.46. The van der Waals surface area contributed by atoms with Crippen LogP contribution in [-0.4, -0.2) is 31.2 Å². The van der Waals surface area contributed by atoms with Gasteiger partial charge in [0.15, 0.2) is 0 Å². The molecule has 0 aromatic heterocycles. The Labute approximate surface area is 139 Å². The van der Waals surface area contributed by atoms with Gasteiger partial charge in [-0.25, -0.2) is 0 Å². The molecule has 0 bridgehead atoms. The number of nitrogens with one attached hydrogen (secondary N) is 1. The third kappa shape index (κ3) is 4.45. The molecule has 124 valence electrons. The Morgan fingerprint density at radius 2 is 1.82 bits per heavy atom. The standard InChI is InChI=1S/C17H26N2O2.ClH/c1-13-4-6-14(7-5-13)17(8-10-21-11-9-17)15(20)19-12-16(2,3)18;/h4-7H,8-12,18H2,1-3H3,(H,19,20);1H. The van der Waals surface area contributed by atoms with Crippen LogP contribution in [0.1, 0.15) is 37.8 Å². The molecule has 0 radical (unpaired) electrons. The average Bonchev–Trinajstić information content (AvgIpc) is 2.45. The van der Waals surface area contributed by atoms with E-state index in [1.54, 1.807) is 0 Å². The number of nitrogens with two attached hydrogens (primary N) is 1. The highest BCUT2D eigenvalue weighted by atomic mass is 35.5. The second-order valence-electron chi connectivity index (χ2n) is 6.73. The Hall–Kier alpha value is -1.10. The highest BCUT2D eigenvalue weighted by Gasteiger charge is 2.41. The maximum Gasteiger partial charge on any atom is 0.230 e. The number of halogens is 1. The van der Waals surface area contributed by atoms with Crippen molar-refractivity contribution >= 4 is 18.3 Å². The minimum atomic E-state index is -0.489. The molecule has 1 saturated heterocycles. The number of benzene rings is 1. The molecule has 0 spiro atoms. The Bertz CT molecular complexity index is 488. The predicted molar refractivity (Wildman–Crippen MR) is 91.4 cm³/mol. The molecular formula is C17H27ClN2O2. The van der Waals surface area contributed by atoms with E-state index >= 15 is 0 Å². The zero-order valence-corrected chi connectivity index (χ0v) is 14.5. The van der Waals surface area contributed by atoms with Crippen molar-refractivity contribution in [2.24, 2.45) is 5.73 Å². The van der Waals surface area contributed by atoms with Crippen LogP contribution in [0, 0.1) is 6.92 Å². The molecule has 1 aliphatic heterocycles. The molecule has 1 aromatic rings. The van der Waals surface area contributed by atoms with Gasteiger partial charge < -0.3 is 15.8 Å². The lowest BCUT2D eigenvalue weighted by atomic mass is 9.73. The van der Waals surface area contributed by atoms with Crippen molar-refractivity contribution in [3.8, 4) is 0 Å². The number of carbonyl (C=O) groups is 1. The summed E-state index contributed by atoms with van der Waals surface area (Å²) in [5.41, 5.74) is 7.35. The topological polar surface area (TPSA) is 64.4 Å². The summed E-state index contributed by atoms with van der Waals surface area (Å²) in [7, 11) is 0. The zero-order chi connectivity index (χ0) is 15.5. The Morgan fingerprint density at radius 3 is 2.32 bits per heavy atom. The minimum absolute atomic E-state index is 0. The van der Waals surface area contributed by atoms with Crippen LogP contribution in [0.4, 0.5) is 0 Å². The first kappa shape index (κ1) is 18.9. The highest BCUT2D eigenvalue weighted by Crippen LogP contribution is 2.35. The predicted octanol–water partition coefficient (Wildman–Crippen LogP) is 2.32. The third-order valence-electron chi connectivity index (χ3n) is 4.09. The van der Waals surface area contributed by atoms with E-state index in [1.807, 2.05) is 13.8 Å². The maximum atomic E-state index is 12.8. The van der Waals surface area contributed by atoms with Crippen molar-refractivity contribution in [2.75, 3.05) is 19.8 Å². The largest absolute Gasteiger partial charge is 0.381 e. The van der Waals surface area contributed by atoms with Gasteiger partial charge in [0.25, 0.3) is 0 Å². The molecular weight excluding hydrogens is 300 g/mol. The van der Waals surface area contributed by atoms with Gasteiger partial charge in [0.1, 0.15) is 0 Å². The van der Waals surface area contributed by atoms with E-state index in [0.717, 1.165) is 5.56 Å². The van der Waals surface area contributed by atoms with Crippen molar-refractivity contribution < 1.29 is 9.53 Å². The number of carbonyl (C=O) groups excluding carboxylic acids is 1. The number of amides is 1.